The molecule has 0 saturated carbocycles. The van der Waals surface area contributed by atoms with Gasteiger partial charge in [0, 0.05) is 18.2 Å². The van der Waals surface area contributed by atoms with Gasteiger partial charge in [0.05, 0.1) is 11.2 Å². The van der Waals surface area contributed by atoms with Crippen molar-refractivity contribution in [1.29, 1.82) is 0 Å². The van der Waals surface area contributed by atoms with Crippen LogP contribution in [0.5, 0.6) is 5.75 Å². The maximum atomic E-state index is 11.9. The van der Waals surface area contributed by atoms with E-state index < -0.39 is 0 Å². The number of hydrogen-bond acceptors (Lipinski definition) is 3. The zero-order valence-corrected chi connectivity index (χ0v) is 11.0. The second-order valence-electron chi connectivity index (χ2n) is 4.75. The monoisotopic (exact) mass is 269 g/mol. The molecule has 0 radical (unpaired) electrons. The van der Waals surface area contributed by atoms with E-state index in [9.17, 15) is 9.90 Å². The Balaban J connectivity index is 2.01. The summed E-state index contributed by atoms with van der Waals surface area (Å²) in [4.78, 5) is 11.9. The first-order valence-corrected chi connectivity index (χ1v) is 6.29. The van der Waals surface area contributed by atoms with Crippen molar-refractivity contribution in [3.8, 4) is 5.75 Å². The van der Waals surface area contributed by atoms with Crippen molar-refractivity contribution in [2.24, 2.45) is 0 Å². The van der Waals surface area contributed by atoms with Gasteiger partial charge in [-0.2, -0.15) is 0 Å². The highest BCUT2D eigenvalue weighted by molar-refractivity contribution is 6.31. The van der Waals surface area contributed by atoms with E-state index in [1.54, 1.807) is 0 Å². The van der Waals surface area contributed by atoms with Crippen LogP contribution in [0.4, 0.5) is 0 Å². The molecule has 1 amide bonds. The molecule has 5 heteroatoms. The predicted octanol–water partition coefficient (Wildman–Crippen LogP) is 2.34. The van der Waals surface area contributed by atoms with Gasteiger partial charge < -0.3 is 15.2 Å². The van der Waals surface area contributed by atoms with Crippen molar-refractivity contribution in [3.05, 3.63) is 28.8 Å². The largest absolute Gasteiger partial charge is 0.507 e. The number of amides is 1. The first-order chi connectivity index (χ1) is 8.50. The Labute approximate surface area is 111 Å². The lowest BCUT2D eigenvalue weighted by Crippen LogP contribution is -2.40. The highest BCUT2D eigenvalue weighted by Crippen LogP contribution is 2.25. The quantitative estimate of drug-likeness (QED) is 0.886. The summed E-state index contributed by atoms with van der Waals surface area (Å²) in [6, 6.07) is 4.39. The van der Waals surface area contributed by atoms with Crippen LogP contribution >= 0.6 is 11.6 Å². The fourth-order valence-corrected chi connectivity index (χ4v) is 2.20. The molecular formula is C13H16ClNO3. The fourth-order valence-electron chi connectivity index (χ4n) is 2.03. The number of carbonyl (C=O) groups excluding carboxylic acids is 1. The van der Waals surface area contributed by atoms with E-state index in [2.05, 4.69) is 5.32 Å². The topological polar surface area (TPSA) is 58.6 Å². The van der Waals surface area contributed by atoms with Crippen molar-refractivity contribution in [3.63, 3.8) is 0 Å². The zero-order valence-electron chi connectivity index (χ0n) is 10.2. The molecular weight excluding hydrogens is 254 g/mol. The Hall–Kier alpha value is -1.26. The maximum Gasteiger partial charge on any atom is 0.255 e. The van der Waals surface area contributed by atoms with Crippen molar-refractivity contribution in [1.82, 2.24) is 5.32 Å². The lowest BCUT2D eigenvalue weighted by atomic mass is 10.0. The summed E-state index contributed by atoms with van der Waals surface area (Å²) in [7, 11) is 0. The molecule has 98 valence electrons. The number of aromatic hydroxyl groups is 1. The summed E-state index contributed by atoms with van der Waals surface area (Å²) in [5.41, 5.74) is -0.117. The number of phenols is 1. The van der Waals surface area contributed by atoms with Gasteiger partial charge in [-0.1, -0.05) is 11.6 Å². The first kappa shape index (κ1) is 13.2. The average molecular weight is 270 g/mol. The lowest BCUT2D eigenvalue weighted by Gasteiger charge is -2.23. The highest BCUT2D eigenvalue weighted by atomic mass is 35.5. The van der Waals surface area contributed by atoms with Crippen LogP contribution < -0.4 is 5.32 Å². The molecule has 1 atom stereocenters. The van der Waals surface area contributed by atoms with Crippen LogP contribution in [-0.2, 0) is 4.74 Å². The second kappa shape index (κ2) is 5.16. The van der Waals surface area contributed by atoms with Gasteiger partial charge in [0.1, 0.15) is 5.75 Å². The smallest absolute Gasteiger partial charge is 0.255 e. The van der Waals surface area contributed by atoms with Gasteiger partial charge in [0.15, 0.2) is 0 Å². The van der Waals surface area contributed by atoms with E-state index >= 15 is 0 Å². The highest BCUT2D eigenvalue weighted by Gasteiger charge is 2.30. The standard InChI is InChI=1S/C13H16ClNO3/c1-13(5-2-6-18-13)8-15-12(17)10-7-9(14)3-4-11(10)16/h3-4,7,16H,2,5-6,8H2,1H3,(H,15,17). The molecule has 0 bridgehead atoms. The summed E-state index contributed by atoms with van der Waals surface area (Å²) < 4.78 is 5.58. The molecule has 1 aromatic carbocycles. The van der Waals surface area contributed by atoms with Gasteiger partial charge >= 0.3 is 0 Å². The summed E-state index contributed by atoms with van der Waals surface area (Å²) in [6.45, 7) is 3.13. The van der Waals surface area contributed by atoms with Gasteiger partial charge in [-0.15, -0.1) is 0 Å². The molecule has 1 saturated heterocycles. The Morgan fingerprint density at radius 1 is 1.61 bits per heavy atom. The van der Waals surface area contributed by atoms with E-state index in [0.717, 1.165) is 19.4 Å². The minimum Gasteiger partial charge on any atom is -0.507 e. The van der Waals surface area contributed by atoms with Gasteiger partial charge in [-0.25, -0.2) is 0 Å². The van der Waals surface area contributed by atoms with Gasteiger partial charge in [-0.05, 0) is 38.0 Å². The molecule has 0 aliphatic carbocycles. The Morgan fingerprint density at radius 2 is 2.39 bits per heavy atom. The molecule has 1 heterocycles. The van der Waals surface area contributed by atoms with E-state index in [4.69, 9.17) is 16.3 Å². The summed E-state index contributed by atoms with van der Waals surface area (Å²) in [6.07, 6.45) is 1.93. The fraction of sp³-hybridized carbons (Fsp3) is 0.462. The molecule has 1 aromatic rings. The van der Waals surface area contributed by atoms with E-state index in [-0.39, 0.29) is 22.8 Å². The minimum atomic E-state index is -0.341. The number of rotatable bonds is 3. The Bertz CT molecular complexity index is 456. The van der Waals surface area contributed by atoms with Crippen LogP contribution in [0, 0.1) is 0 Å². The molecule has 2 N–H and O–H groups in total. The van der Waals surface area contributed by atoms with Crippen LogP contribution in [0.3, 0.4) is 0 Å². The predicted molar refractivity (Wildman–Crippen MR) is 69.0 cm³/mol. The molecule has 18 heavy (non-hydrogen) atoms. The molecule has 1 aliphatic rings. The minimum absolute atomic E-state index is 0.0746. The first-order valence-electron chi connectivity index (χ1n) is 5.91. The van der Waals surface area contributed by atoms with Crippen molar-refractivity contribution in [2.75, 3.05) is 13.2 Å². The third-order valence-electron chi connectivity index (χ3n) is 3.13. The lowest BCUT2D eigenvalue weighted by molar-refractivity contribution is 0.0205. The summed E-state index contributed by atoms with van der Waals surface area (Å²) in [5, 5.41) is 12.8. The number of nitrogens with one attached hydrogen (secondary N) is 1. The number of ether oxygens (including phenoxy) is 1. The van der Waals surface area contributed by atoms with E-state index in [1.807, 2.05) is 6.92 Å². The summed E-state index contributed by atoms with van der Waals surface area (Å²) in [5.74, 6) is -0.416. The van der Waals surface area contributed by atoms with Crippen molar-refractivity contribution in [2.45, 2.75) is 25.4 Å². The normalized spacial score (nSPS) is 23.0. The maximum absolute atomic E-state index is 11.9. The molecule has 4 nitrogen and oxygen atoms in total. The van der Waals surface area contributed by atoms with Crippen molar-refractivity contribution < 1.29 is 14.6 Å². The number of phenolic OH excluding ortho intramolecular Hbond substituents is 1. The zero-order chi connectivity index (χ0) is 13.2. The molecule has 1 aliphatic heterocycles. The van der Waals surface area contributed by atoms with Crippen molar-refractivity contribution >= 4 is 17.5 Å². The number of hydrogen-bond donors (Lipinski definition) is 2. The Morgan fingerprint density at radius 3 is 3.06 bits per heavy atom. The van der Waals surface area contributed by atoms with Crippen LogP contribution in [0.2, 0.25) is 5.02 Å². The van der Waals surface area contributed by atoms with E-state index in [0.29, 0.717) is 11.6 Å². The van der Waals surface area contributed by atoms with Gasteiger partial charge in [0.2, 0.25) is 0 Å². The molecule has 1 unspecified atom stereocenters. The third kappa shape index (κ3) is 2.94. The van der Waals surface area contributed by atoms with Gasteiger partial charge in [-0.3, -0.25) is 4.79 Å². The molecule has 0 aromatic heterocycles. The molecule has 1 fully saturated rings. The second-order valence-corrected chi connectivity index (χ2v) is 5.18. The SMILES string of the molecule is CC1(CNC(=O)c2cc(Cl)ccc2O)CCCO1. The van der Waals surface area contributed by atoms with Crippen LogP contribution in [0.1, 0.15) is 30.1 Å². The van der Waals surface area contributed by atoms with Gasteiger partial charge in [0.25, 0.3) is 5.91 Å². The molecule has 2 rings (SSSR count). The number of benzene rings is 1. The third-order valence-corrected chi connectivity index (χ3v) is 3.36. The van der Waals surface area contributed by atoms with E-state index in [1.165, 1.54) is 18.2 Å². The van der Waals surface area contributed by atoms with Crippen LogP contribution in [-0.4, -0.2) is 29.8 Å². The van der Waals surface area contributed by atoms with Crippen LogP contribution in [0.25, 0.3) is 0 Å². The van der Waals surface area contributed by atoms with Crippen LogP contribution in [0.15, 0.2) is 18.2 Å². The number of halogens is 1. The number of carbonyl (C=O) groups is 1. The Kier molecular flexibility index (Phi) is 3.78. The summed E-state index contributed by atoms with van der Waals surface area (Å²) >= 11 is 5.80. The average Bonchev–Trinajstić information content (AvgIpc) is 2.77. The molecule has 0 spiro atoms.